The predicted octanol–water partition coefficient (Wildman–Crippen LogP) is 0.953. The van der Waals surface area contributed by atoms with Crippen molar-refractivity contribution in [2.24, 2.45) is 0 Å². The number of nitrogens with zero attached hydrogens (tertiary/aromatic N) is 1. The second-order valence-corrected chi connectivity index (χ2v) is 3.47. The van der Waals surface area contributed by atoms with E-state index >= 15 is 0 Å². The van der Waals surface area contributed by atoms with Crippen LogP contribution in [0.1, 0.15) is 20.3 Å². The second-order valence-electron chi connectivity index (χ2n) is 3.47. The molecule has 3 heteroatoms. The lowest BCUT2D eigenvalue weighted by molar-refractivity contribution is 0.146. The summed E-state index contributed by atoms with van der Waals surface area (Å²) in [4.78, 5) is 2.34. The van der Waals surface area contributed by atoms with Crippen molar-refractivity contribution < 1.29 is 4.74 Å². The van der Waals surface area contributed by atoms with Gasteiger partial charge in [-0.15, -0.1) is 0 Å². The lowest BCUT2D eigenvalue weighted by Gasteiger charge is -2.23. The third-order valence-electron chi connectivity index (χ3n) is 2.00. The van der Waals surface area contributed by atoms with Crippen molar-refractivity contribution in [3.05, 3.63) is 0 Å². The summed E-state index contributed by atoms with van der Waals surface area (Å²) in [6.45, 7) is 8.36. The molecule has 0 aliphatic heterocycles. The fourth-order valence-electron chi connectivity index (χ4n) is 1.52. The van der Waals surface area contributed by atoms with Crippen molar-refractivity contribution in [1.29, 1.82) is 0 Å². The van der Waals surface area contributed by atoms with E-state index in [4.69, 9.17) is 4.74 Å². The third kappa shape index (κ3) is 6.99. The Morgan fingerprint density at radius 3 is 2.54 bits per heavy atom. The molecule has 1 atom stereocenters. The van der Waals surface area contributed by atoms with Crippen molar-refractivity contribution in [3.63, 3.8) is 0 Å². The highest BCUT2D eigenvalue weighted by Crippen LogP contribution is 1.92. The SMILES string of the molecule is CCCN(C)CC(COC)NCC. The minimum Gasteiger partial charge on any atom is -0.383 e. The van der Waals surface area contributed by atoms with Crippen LogP contribution >= 0.6 is 0 Å². The van der Waals surface area contributed by atoms with Gasteiger partial charge in [0.2, 0.25) is 0 Å². The fourth-order valence-corrected chi connectivity index (χ4v) is 1.52. The molecule has 0 heterocycles. The third-order valence-corrected chi connectivity index (χ3v) is 2.00. The molecule has 0 bridgehead atoms. The van der Waals surface area contributed by atoms with Gasteiger partial charge in [-0.05, 0) is 26.6 Å². The molecule has 3 nitrogen and oxygen atoms in total. The largest absolute Gasteiger partial charge is 0.383 e. The number of hydrogen-bond acceptors (Lipinski definition) is 3. The molecule has 0 fully saturated rings. The molecule has 0 rings (SSSR count). The van der Waals surface area contributed by atoms with Crippen molar-refractivity contribution >= 4 is 0 Å². The highest BCUT2D eigenvalue weighted by molar-refractivity contribution is 4.68. The minimum atomic E-state index is 0.464. The summed E-state index contributed by atoms with van der Waals surface area (Å²) in [6, 6.07) is 0.464. The van der Waals surface area contributed by atoms with E-state index in [1.807, 2.05) is 0 Å². The quantitative estimate of drug-likeness (QED) is 0.614. The summed E-state index contributed by atoms with van der Waals surface area (Å²) < 4.78 is 5.15. The Bertz CT molecular complexity index is 103. The monoisotopic (exact) mass is 188 g/mol. The Balaban J connectivity index is 3.64. The van der Waals surface area contributed by atoms with Gasteiger partial charge in [-0.25, -0.2) is 0 Å². The van der Waals surface area contributed by atoms with E-state index in [2.05, 4.69) is 31.1 Å². The van der Waals surface area contributed by atoms with Crippen LogP contribution < -0.4 is 5.32 Å². The molecule has 0 amide bonds. The van der Waals surface area contributed by atoms with E-state index in [0.29, 0.717) is 6.04 Å². The van der Waals surface area contributed by atoms with E-state index in [1.165, 1.54) is 6.42 Å². The maximum atomic E-state index is 5.15. The van der Waals surface area contributed by atoms with Gasteiger partial charge in [0.15, 0.2) is 0 Å². The number of rotatable bonds is 8. The minimum absolute atomic E-state index is 0.464. The first-order chi connectivity index (χ1) is 6.24. The van der Waals surface area contributed by atoms with Gasteiger partial charge in [0.1, 0.15) is 0 Å². The van der Waals surface area contributed by atoms with Crippen LogP contribution in [0.3, 0.4) is 0 Å². The maximum Gasteiger partial charge on any atom is 0.0628 e. The second kappa shape index (κ2) is 8.48. The average molecular weight is 188 g/mol. The van der Waals surface area contributed by atoms with Crippen LogP contribution in [0.5, 0.6) is 0 Å². The van der Waals surface area contributed by atoms with Crippen LogP contribution in [0.15, 0.2) is 0 Å². The van der Waals surface area contributed by atoms with Crippen LogP contribution in [-0.4, -0.2) is 51.3 Å². The summed E-state index contributed by atoms with van der Waals surface area (Å²) in [5.74, 6) is 0. The van der Waals surface area contributed by atoms with Crippen LogP contribution in [0.2, 0.25) is 0 Å². The molecular weight excluding hydrogens is 164 g/mol. The first kappa shape index (κ1) is 12.9. The molecule has 0 aromatic carbocycles. The van der Waals surface area contributed by atoms with Crippen molar-refractivity contribution in [1.82, 2.24) is 10.2 Å². The van der Waals surface area contributed by atoms with E-state index in [0.717, 1.165) is 26.2 Å². The Morgan fingerprint density at radius 2 is 2.08 bits per heavy atom. The van der Waals surface area contributed by atoms with Gasteiger partial charge in [-0.1, -0.05) is 13.8 Å². The first-order valence-corrected chi connectivity index (χ1v) is 5.15. The standard InChI is InChI=1S/C10H24N2O/c1-5-7-12(3)8-10(9-13-4)11-6-2/h10-11H,5-9H2,1-4H3. The highest BCUT2D eigenvalue weighted by atomic mass is 16.5. The molecule has 13 heavy (non-hydrogen) atoms. The molecule has 0 saturated heterocycles. The summed E-state index contributed by atoms with van der Waals surface area (Å²) in [6.07, 6.45) is 1.21. The van der Waals surface area contributed by atoms with Crippen LogP contribution in [0.25, 0.3) is 0 Å². The zero-order valence-electron chi connectivity index (χ0n) is 9.47. The van der Waals surface area contributed by atoms with Gasteiger partial charge in [-0.2, -0.15) is 0 Å². The maximum absolute atomic E-state index is 5.15. The van der Waals surface area contributed by atoms with Crippen LogP contribution in [-0.2, 0) is 4.74 Å². The van der Waals surface area contributed by atoms with E-state index in [1.54, 1.807) is 7.11 Å². The summed E-state index contributed by atoms with van der Waals surface area (Å²) in [5, 5.41) is 3.41. The molecule has 0 aliphatic carbocycles. The zero-order valence-corrected chi connectivity index (χ0v) is 9.47. The number of hydrogen-bond donors (Lipinski definition) is 1. The van der Waals surface area contributed by atoms with Gasteiger partial charge in [0.05, 0.1) is 6.61 Å². The summed E-state index contributed by atoms with van der Waals surface area (Å²) in [5.41, 5.74) is 0. The number of ether oxygens (including phenoxy) is 1. The summed E-state index contributed by atoms with van der Waals surface area (Å²) in [7, 11) is 3.91. The predicted molar refractivity (Wildman–Crippen MR) is 57.1 cm³/mol. The van der Waals surface area contributed by atoms with Gasteiger partial charge in [0.25, 0.3) is 0 Å². The molecule has 0 spiro atoms. The Labute approximate surface area is 82.4 Å². The van der Waals surface area contributed by atoms with Gasteiger partial charge in [-0.3, -0.25) is 0 Å². The van der Waals surface area contributed by atoms with Crippen molar-refractivity contribution in [2.45, 2.75) is 26.3 Å². The van der Waals surface area contributed by atoms with Gasteiger partial charge < -0.3 is 15.0 Å². The van der Waals surface area contributed by atoms with E-state index < -0.39 is 0 Å². The van der Waals surface area contributed by atoms with E-state index in [9.17, 15) is 0 Å². The molecule has 1 unspecified atom stereocenters. The Morgan fingerprint density at radius 1 is 1.38 bits per heavy atom. The number of methoxy groups -OCH3 is 1. The molecule has 80 valence electrons. The topological polar surface area (TPSA) is 24.5 Å². The molecular formula is C10H24N2O. The smallest absolute Gasteiger partial charge is 0.0628 e. The summed E-state index contributed by atoms with van der Waals surface area (Å²) >= 11 is 0. The molecule has 0 radical (unpaired) electrons. The van der Waals surface area contributed by atoms with Crippen molar-refractivity contribution in [2.75, 3.05) is 40.4 Å². The first-order valence-electron chi connectivity index (χ1n) is 5.15. The fraction of sp³-hybridized carbons (Fsp3) is 1.00. The normalized spacial score (nSPS) is 13.6. The molecule has 0 aromatic heterocycles. The number of likely N-dealkylation sites (N-methyl/N-ethyl adjacent to an activating group) is 2. The molecule has 0 aliphatic rings. The lowest BCUT2D eigenvalue weighted by Crippen LogP contribution is -2.42. The van der Waals surface area contributed by atoms with Gasteiger partial charge in [0, 0.05) is 19.7 Å². The molecule has 0 aromatic rings. The zero-order chi connectivity index (χ0) is 10.1. The molecule has 1 N–H and O–H groups in total. The highest BCUT2D eigenvalue weighted by Gasteiger charge is 2.08. The van der Waals surface area contributed by atoms with Crippen LogP contribution in [0, 0.1) is 0 Å². The molecule has 0 saturated carbocycles. The lowest BCUT2D eigenvalue weighted by atomic mass is 10.3. The van der Waals surface area contributed by atoms with E-state index in [-0.39, 0.29) is 0 Å². The average Bonchev–Trinajstić information content (AvgIpc) is 2.05. The van der Waals surface area contributed by atoms with Crippen LogP contribution in [0.4, 0.5) is 0 Å². The Kier molecular flexibility index (Phi) is 8.40. The Hall–Kier alpha value is -0.120. The van der Waals surface area contributed by atoms with Crippen molar-refractivity contribution in [3.8, 4) is 0 Å². The number of nitrogens with one attached hydrogen (secondary N) is 1. The van der Waals surface area contributed by atoms with Gasteiger partial charge >= 0.3 is 0 Å².